The monoisotopic (exact) mass is 443 g/mol. The lowest BCUT2D eigenvalue weighted by molar-refractivity contribution is 0.101. The van der Waals surface area contributed by atoms with Crippen molar-refractivity contribution in [2.24, 2.45) is 0 Å². The number of methoxy groups -OCH3 is 1. The van der Waals surface area contributed by atoms with Gasteiger partial charge in [-0.2, -0.15) is 0 Å². The van der Waals surface area contributed by atoms with Crippen LogP contribution in [0.1, 0.15) is 46.2 Å². The maximum Gasteiger partial charge on any atom is 0.255 e. The van der Waals surface area contributed by atoms with Gasteiger partial charge in [-0.15, -0.1) is 0 Å². The number of furan rings is 1. The summed E-state index contributed by atoms with van der Waals surface area (Å²) < 4.78 is 16.8. The molecule has 168 valence electrons. The second kappa shape index (κ2) is 10.0. The van der Waals surface area contributed by atoms with Crippen LogP contribution in [-0.2, 0) is 0 Å². The smallest absolute Gasteiger partial charge is 0.255 e. The highest BCUT2D eigenvalue weighted by atomic mass is 16.5. The minimum atomic E-state index is -0.347. The quantitative estimate of drug-likeness (QED) is 0.250. The van der Waals surface area contributed by atoms with Crippen LogP contribution in [0.4, 0.5) is 5.69 Å². The van der Waals surface area contributed by atoms with Crippen molar-refractivity contribution in [1.29, 1.82) is 0 Å². The molecular weight excluding hydrogens is 418 g/mol. The van der Waals surface area contributed by atoms with Crippen LogP contribution in [-0.4, -0.2) is 25.4 Å². The standard InChI is InChI=1S/C27H25NO5/c1-3-4-16-32-20-14-12-18(13-15-20)27(30)28-24-22-10-5-6-11-23(22)33-26(24)25(29)19-8-7-9-21(17-19)31-2/h5-15,17H,3-4,16H2,1-2H3,(H,28,30). The Morgan fingerprint density at radius 2 is 1.70 bits per heavy atom. The molecule has 0 saturated carbocycles. The normalized spacial score (nSPS) is 10.7. The Morgan fingerprint density at radius 3 is 2.45 bits per heavy atom. The molecule has 0 aliphatic carbocycles. The summed E-state index contributed by atoms with van der Waals surface area (Å²) in [6.07, 6.45) is 2.02. The first-order chi connectivity index (χ1) is 16.1. The van der Waals surface area contributed by atoms with Crippen LogP contribution in [0.15, 0.2) is 77.2 Å². The van der Waals surface area contributed by atoms with Crippen molar-refractivity contribution in [2.75, 3.05) is 19.0 Å². The number of fused-ring (bicyclic) bond motifs is 1. The number of ketones is 1. The van der Waals surface area contributed by atoms with Crippen molar-refractivity contribution in [2.45, 2.75) is 19.8 Å². The average Bonchev–Trinajstić information content (AvgIpc) is 3.22. The van der Waals surface area contributed by atoms with Crippen LogP contribution in [0.3, 0.4) is 0 Å². The van der Waals surface area contributed by atoms with E-state index >= 15 is 0 Å². The molecule has 6 nitrogen and oxygen atoms in total. The number of carbonyl (C=O) groups excluding carboxylic acids is 2. The number of benzene rings is 3. The van der Waals surface area contributed by atoms with Gasteiger partial charge in [0.15, 0.2) is 5.76 Å². The highest BCUT2D eigenvalue weighted by Gasteiger charge is 2.24. The molecule has 4 aromatic rings. The number of para-hydroxylation sites is 1. The molecule has 3 aromatic carbocycles. The first kappa shape index (κ1) is 22.1. The van der Waals surface area contributed by atoms with Gasteiger partial charge < -0.3 is 19.2 Å². The summed E-state index contributed by atoms with van der Waals surface area (Å²) in [6, 6.07) is 20.9. The number of rotatable bonds is 9. The third-order valence-corrected chi connectivity index (χ3v) is 5.26. The van der Waals surface area contributed by atoms with Gasteiger partial charge >= 0.3 is 0 Å². The van der Waals surface area contributed by atoms with E-state index in [1.54, 1.807) is 54.6 Å². The van der Waals surface area contributed by atoms with Gasteiger partial charge in [-0.3, -0.25) is 9.59 Å². The highest BCUT2D eigenvalue weighted by Crippen LogP contribution is 2.33. The lowest BCUT2D eigenvalue weighted by atomic mass is 10.1. The Labute approximate surface area is 192 Å². The summed E-state index contributed by atoms with van der Waals surface area (Å²) >= 11 is 0. The fourth-order valence-electron chi connectivity index (χ4n) is 3.45. The lowest BCUT2D eigenvalue weighted by Crippen LogP contribution is -2.14. The van der Waals surface area contributed by atoms with E-state index in [1.165, 1.54) is 7.11 Å². The summed E-state index contributed by atoms with van der Waals surface area (Å²) in [6.45, 7) is 2.74. The predicted molar refractivity (Wildman–Crippen MR) is 127 cm³/mol. The predicted octanol–water partition coefficient (Wildman–Crippen LogP) is 6.10. The second-order valence-electron chi connectivity index (χ2n) is 7.54. The molecule has 0 saturated heterocycles. The van der Waals surface area contributed by atoms with E-state index in [2.05, 4.69) is 12.2 Å². The fraction of sp³-hybridized carbons (Fsp3) is 0.185. The topological polar surface area (TPSA) is 77.8 Å². The SMILES string of the molecule is CCCCOc1ccc(C(=O)Nc2c(C(=O)c3cccc(OC)c3)oc3ccccc23)cc1. The van der Waals surface area contributed by atoms with Crippen LogP contribution in [0, 0.1) is 0 Å². The summed E-state index contributed by atoms with van der Waals surface area (Å²) in [4.78, 5) is 26.3. The summed E-state index contributed by atoms with van der Waals surface area (Å²) in [7, 11) is 1.54. The molecule has 33 heavy (non-hydrogen) atoms. The third-order valence-electron chi connectivity index (χ3n) is 5.26. The van der Waals surface area contributed by atoms with Crippen molar-refractivity contribution in [3.05, 3.63) is 89.7 Å². The van der Waals surface area contributed by atoms with E-state index in [0.29, 0.717) is 45.9 Å². The number of unbranched alkanes of at least 4 members (excludes halogenated alkanes) is 1. The van der Waals surface area contributed by atoms with Crippen molar-refractivity contribution in [3.8, 4) is 11.5 Å². The van der Waals surface area contributed by atoms with E-state index in [1.807, 2.05) is 18.2 Å². The molecule has 4 rings (SSSR count). The molecule has 0 unspecified atom stereocenters. The fourth-order valence-corrected chi connectivity index (χ4v) is 3.45. The Balaban J connectivity index is 1.63. The Hall–Kier alpha value is -4.06. The molecule has 0 aliphatic heterocycles. The molecule has 0 radical (unpaired) electrons. The molecule has 1 amide bonds. The van der Waals surface area contributed by atoms with Crippen molar-refractivity contribution in [3.63, 3.8) is 0 Å². The van der Waals surface area contributed by atoms with Gasteiger partial charge in [0.2, 0.25) is 5.78 Å². The van der Waals surface area contributed by atoms with Crippen molar-refractivity contribution in [1.82, 2.24) is 0 Å². The van der Waals surface area contributed by atoms with Crippen molar-refractivity contribution < 1.29 is 23.5 Å². The Morgan fingerprint density at radius 1 is 0.909 bits per heavy atom. The second-order valence-corrected chi connectivity index (χ2v) is 7.54. The van der Waals surface area contributed by atoms with Gasteiger partial charge in [-0.25, -0.2) is 0 Å². The van der Waals surface area contributed by atoms with Crippen LogP contribution in [0.25, 0.3) is 11.0 Å². The molecular formula is C27H25NO5. The van der Waals surface area contributed by atoms with Gasteiger partial charge in [-0.05, 0) is 55.0 Å². The minimum Gasteiger partial charge on any atom is -0.497 e. The molecule has 1 N–H and O–H groups in total. The maximum absolute atomic E-state index is 13.3. The first-order valence-corrected chi connectivity index (χ1v) is 10.8. The van der Waals surface area contributed by atoms with Gasteiger partial charge in [0.1, 0.15) is 17.1 Å². The number of anilines is 1. The number of carbonyl (C=O) groups is 2. The van der Waals surface area contributed by atoms with E-state index in [-0.39, 0.29) is 17.5 Å². The molecule has 0 spiro atoms. The highest BCUT2D eigenvalue weighted by molar-refractivity contribution is 6.19. The van der Waals surface area contributed by atoms with Crippen LogP contribution in [0.5, 0.6) is 11.5 Å². The van der Waals surface area contributed by atoms with Gasteiger partial charge in [0.25, 0.3) is 5.91 Å². The zero-order chi connectivity index (χ0) is 23.2. The largest absolute Gasteiger partial charge is 0.497 e. The number of nitrogens with one attached hydrogen (secondary N) is 1. The van der Waals surface area contributed by atoms with E-state index in [0.717, 1.165) is 12.8 Å². The van der Waals surface area contributed by atoms with Crippen LogP contribution >= 0.6 is 0 Å². The summed E-state index contributed by atoms with van der Waals surface area (Å²) in [5.41, 5.74) is 1.70. The average molecular weight is 443 g/mol. The number of ether oxygens (including phenoxy) is 2. The van der Waals surface area contributed by atoms with Gasteiger partial charge in [0.05, 0.1) is 19.4 Å². The molecule has 0 bridgehead atoms. The molecule has 0 aliphatic rings. The van der Waals surface area contributed by atoms with Crippen LogP contribution < -0.4 is 14.8 Å². The number of hydrogen-bond donors (Lipinski definition) is 1. The molecule has 0 atom stereocenters. The third kappa shape index (κ3) is 4.90. The van der Waals surface area contributed by atoms with Crippen LogP contribution in [0.2, 0.25) is 0 Å². The van der Waals surface area contributed by atoms with Gasteiger partial charge in [-0.1, -0.05) is 37.6 Å². The minimum absolute atomic E-state index is 0.0670. The van der Waals surface area contributed by atoms with E-state index in [9.17, 15) is 9.59 Å². The van der Waals surface area contributed by atoms with Gasteiger partial charge in [0, 0.05) is 16.5 Å². The first-order valence-electron chi connectivity index (χ1n) is 10.8. The van der Waals surface area contributed by atoms with E-state index in [4.69, 9.17) is 13.9 Å². The molecule has 1 aromatic heterocycles. The lowest BCUT2D eigenvalue weighted by Gasteiger charge is -2.08. The molecule has 6 heteroatoms. The summed E-state index contributed by atoms with van der Waals surface area (Å²) in [5.74, 6) is 0.644. The Bertz CT molecular complexity index is 1270. The number of amides is 1. The zero-order valence-electron chi connectivity index (χ0n) is 18.6. The van der Waals surface area contributed by atoms with E-state index < -0.39 is 0 Å². The molecule has 0 fully saturated rings. The molecule has 1 heterocycles. The summed E-state index contributed by atoms with van der Waals surface area (Å²) in [5, 5.41) is 3.52. The maximum atomic E-state index is 13.3. The Kier molecular flexibility index (Phi) is 6.74. The zero-order valence-corrected chi connectivity index (χ0v) is 18.6. The van der Waals surface area contributed by atoms with Crippen molar-refractivity contribution >= 4 is 28.3 Å². The number of hydrogen-bond acceptors (Lipinski definition) is 5.